The van der Waals surface area contributed by atoms with Gasteiger partial charge >= 0.3 is 0 Å². The number of aromatic nitrogens is 1. The lowest BCUT2D eigenvalue weighted by Crippen LogP contribution is -2.48. The molecule has 0 atom stereocenters. The Morgan fingerprint density at radius 3 is 2.55 bits per heavy atom. The largest absolute Gasteiger partial charge is 0.508 e. The van der Waals surface area contributed by atoms with Crippen molar-refractivity contribution in [2.45, 2.75) is 31.2 Å². The minimum Gasteiger partial charge on any atom is -0.508 e. The van der Waals surface area contributed by atoms with Gasteiger partial charge in [0.1, 0.15) is 29.2 Å². The van der Waals surface area contributed by atoms with E-state index >= 15 is 0 Å². The van der Waals surface area contributed by atoms with E-state index in [1.165, 1.54) is 12.1 Å². The van der Waals surface area contributed by atoms with Crippen molar-refractivity contribution in [1.82, 2.24) is 4.98 Å². The first-order valence-corrected chi connectivity index (χ1v) is 10.9. The van der Waals surface area contributed by atoms with E-state index in [0.717, 1.165) is 22.1 Å². The molecule has 4 N–H and O–H groups in total. The van der Waals surface area contributed by atoms with Crippen LogP contribution < -0.4 is 5.32 Å². The van der Waals surface area contributed by atoms with Crippen molar-refractivity contribution in [2.24, 2.45) is 0 Å². The average molecular weight is 454 g/mol. The molecule has 1 aliphatic heterocycles. The number of aryl methyl sites for hydroxylation is 1. The maximum atomic E-state index is 14.1. The molecule has 174 valence electrons. The molecule has 8 heteroatoms. The van der Waals surface area contributed by atoms with E-state index in [0.29, 0.717) is 49.2 Å². The first kappa shape index (κ1) is 23.1. The summed E-state index contributed by atoms with van der Waals surface area (Å²) in [5.74, 6) is 0.0365. The molecule has 0 amide bonds. The normalized spacial score (nSPS) is 15.0. The van der Waals surface area contributed by atoms with Crippen molar-refractivity contribution in [2.75, 3.05) is 31.7 Å². The summed E-state index contributed by atoms with van der Waals surface area (Å²) in [6.45, 7) is 1.53. The minimum absolute atomic E-state index is 0.00838. The Hall–Kier alpha value is -3.07. The number of fused-ring (bicyclic) bond motifs is 1. The Morgan fingerprint density at radius 2 is 1.91 bits per heavy atom. The molecule has 2 heterocycles. The number of pyridine rings is 1. The third kappa shape index (κ3) is 4.42. The zero-order valence-electron chi connectivity index (χ0n) is 18.3. The van der Waals surface area contributed by atoms with Gasteiger partial charge in [-0.1, -0.05) is 6.07 Å². The van der Waals surface area contributed by atoms with Crippen LogP contribution >= 0.6 is 0 Å². The highest BCUT2D eigenvalue weighted by Gasteiger charge is 2.33. The Bertz CT molecular complexity index is 1170. The van der Waals surface area contributed by atoms with Gasteiger partial charge in [0.15, 0.2) is 0 Å². The first-order valence-electron chi connectivity index (χ1n) is 10.9. The van der Waals surface area contributed by atoms with Crippen LogP contribution in [-0.2, 0) is 9.53 Å². The molecule has 7 nitrogen and oxygen atoms in total. The number of hydrogen-bond donors (Lipinski definition) is 4. The average Bonchev–Trinajstić information content (AvgIpc) is 2.84. The summed E-state index contributed by atoms with van der Waals surface area (Å²) < 4.78 is 19.7. The smallest absolute Gasteiger partial charge is 0.150 e. The van der Waals surface area contributed by atoms with Gasteiger partial charge in [0, 0.05) is 30.2 Å². The van der Waals surface area contributed by atoms with Crippen molar-refractivity contribution in [3.05, 3.63) is 53.3 Å². The van der Waals surface area contributed by atoms with Crippen LogP contribution in [-0.4, -0.2) is 58.6 Å². The fourth-order valence-electron chi connectivity index (χ4n) is 4.33. The van der Waals surface area contributed by atoms with Crippen LogP contribution in [0.4, 0.5) is 10.2 Å². The zero-order chi connectivity index (χ0) is 23.6. The summed E-state index contributed by atoms with van der Waals surface area (Å²) in [5, 5.41) is 33.6. The summed E-state index contributed by atoms with van der Waals surface area (Å²) in [5.41, 5.74) is 1.68. The molecule has 3 aromatic rings. The number of hydrogen-bond acceptors (Lipinski definition) is 7. The number of aldehydes is 1. The first-order chi connectivity index (χ1) is 15.9. The second kappa shape index (κ2) is 9.43. The summed E-state index contributed by atoms with van der Waals surface area (Å²) in [6.07, 6.45) is 1.88. The number of benzene rings is 2. The lowest BCUT2D eigenvalue weighted by atomic mass is 9.83. The van der Waals surface area contributed by atoms with Gasteiger partial charge in [-0.15, -0.1) is 0 Å². The molecule has 0 bridgehead atoms. The number of aliphatic hydroxyl groups excluding tert-OH is 2. The van der Waals surface area contributed by atoms with E-state index in [-0.39, 0.29) is 17.5 Å². The Kier molecular flexibility index (Phi) is 6.60. The molecule has 1 saturated heterocycles. The van der Waals surface area contributed by atoms with Gasteiger partial charge in [0.05, 0.1) is 18.7 Å². The van der Waals surface area contributed by atoms with Crippen LogP contribution in [0.15, 0.2) is 36.4 Å². The highest BCUT2D eigenvalue weighted by molar-refractivity contribution is 5.99. The highest BCUT2D eigenvalue weighted by Crippen LogP contribution is 2.44. The van der Waals surface area contributed by atoms with Crippen molar-refractivity contribution >= 4 is 23.0 Å². The SMILES string of the molecule is Cc1cc(-c2c(C3CCOCC3)c(NC(C=O)(CO)CO)nc3cc(O)ccc23)ccc1F. The minimum atomic E-state index is -1.63. The predicted octanol–water partition coefficient (Wildman–Crippen LogP) is 3.28. The molecular formula is C25H27FN2O5. The number of phenols is 1. The number of nitrogens with zero attached hydrogens (tertiary/aromatic N) is 1. The van der Waals surface area contributed by atoms with E-state index in [2.05, 4.69) is 5.32 Å². The van der Waals surface area contributed by atoms with Crippen molar-refractivity contribution in [3.63, 3.8) is 0 Å². The third-order valence-corrected chi connectivity index (χ3v) is 6.24. The molecule has 33 heavy (non-hydrogen) atoms. The molecule has 0 radical (unpaired) electrons. The van der Waals surface area contributed by atoms with Gasteiger partial charge in [0.25, 0.3) is 0 Å². The quantitative estimate of drug-likeness (QED) is 0.405. The summed E-state index contributed by atoms with van der Waals surface area (Å²) in [6, 6.07) is 9.71. The van der Waals surface area contributed by atoms with Gasteiger partial charge in [-0.05, 0) is 66.6 Å². The molecule has 0 saturated carbocycles. The van der Waals surface area contributed by atoms with Gasteiger partial charge in [-0.2, -0.15) is 0 Å². The van der Waals surface area contributed by atoms with Crippen LogP contribution in [0.3, 0.4) is 0 Å². The van der Waals surface area contributed by atoms with Gasteiger partial charge in [-0.25, -0.2) is 9.37 Å². The second-order valence-electron chi connectivity index (χ2n) is 8.52. The van der Waals surface area contributed by atoms with E-state index in [1.807, 2.05) is 0 Å². The number of phenolic OH excluding ortho intramolecular Hbond substituents is 1. The van der Waals surface area contributed by atoms with E-state index in [9.17, 15) is 24.5 Å². The molecule has 2 aromatic carbocycles. The standard InChI is InChI=1S/C25H27FN2O5/c1-15-10-17(2-5-20(15)26)22-19-4-3-18(32)11-21(19)27-24(28-25(12-29,13-30)14-31)23(22)16-6-8-33-9-7-16/h2-5,10-12,16,30-32H,6-9,13-14H2,1H3,(H,27,28). The van der Waals surface area contributed by atoms with Gasteiger partial charge in [-0.3, -0.25) is 0 Å². The number of halogens is 1. The third-order valence-electron chi connectivity index (χ3n) is 6.24. The number of aromatic hydroxyl groups is 1. The topological polar surface area (TPSA) is 112 Å². The number of carbonyl (C=O) groups excluding carboxylic acids is 1. The molecular weight excluding hydrogens is 427 g/mol. The number of carbonyl (C=O) groups is 1. The molecule has 0 unspecified atom stereocenters. The fourth-order valence-corrected chi connectivity index (χ4v) is 4.33. The summed E-state index contributed by atoms with van der Waals surface area (Å²) in [7, 11) is 0. The second-order valence-corrected chi connectivity index (χ2v) is 8.52. The van der Waals surface area contributed by atoms with Crippen LogP contribution in [0.5, 0.6) is 5.75 Å². The van der Waals surface area contributed by atoms with Gasteiger partial charge in [0.2, 0.25) is 0 Å². The van der Waals surface area contributed by atoms with Crippen LogP contribution in [0.2, 0.25) is 0 Å². The van der Waals surface area contributed by atoms with Crippen LogP contribution in [0.1, 0.15) is 29.9 Å². The van der Waals surface area contributed by atoms with Crippen molar-refractivity contribution in [1.29, 1.82) is 0 Å². The van der Waals surface area contributed by atoms with Crippen LogP contribution in [0, 0.1) is 12.7 Å². The Labute approximate surface area is 190 Å². The summed E-state index contributed by atoms with van der Waals surface area (Å²) >= 11 is 0. The zero-order valence-corrected chi connectivity index (χ0v) is 18.3. The highest BCUT2D eigenvalue weighted by atomic mass is 19.1. The van der Waals surface area contributed by atoms with Crippen molar-refractivity contribution < 1.29 is 29.2 Å². The number of ether oxygens (including phenoxy) is 1. The lowest BCUT2D eigenvalue weighted by Gasteiger charge is -2.32. The fraction of sp³-hybridized carbons (Fsp3) is 0.360. The van der Waals surface area contributed by atoms with E-state index in [4.69, 9.17) is 9.72 Å². The van der Waals surface area contributed by atoms with E-state index < -0.39 is 18.8 Å². The van der Waals surface area contributed by atoms with Crippen molar-refractivity contribution in [3.8, 4) is 16.9 Å². The molecule has 1 aromatic heterocycles. The van der Waals surface area contributed by atoms with E-state index in [1.54, 1.807) is 31.2 Å². The molecule has 1 fully saturated rings. The maximum absolute atomic E-state index is 14.1. The van der Waals surface area contributed by atoms with Crippen LogP contribution in [0.25, 0.3) is 22.0 Å². The Morgan fingerprint density at radius 1 is 1.18 bits per heavy atom. The monoisotopic (exact) mass is 454 g/mol. The predicted molar refractivity (Wildman–Crippen MR) is 123 cm³/mol. The molecule has 0 spiro atoms. The molecule has 0 aliphatic carbocycles. The number of nitrogens with one attached hydrogen (secondary N) is 1. The number of rotatable bonds is 7. The Balaban J connectivity index is 2.06. The number of aliphatic hydroxyl groups is 2. The number of anilines is 1. The molecule has 1 aliphatic rings. The summed E-state index contributed by atoms with van der Waals surface area (Å²) in [4.78, 5) is 16.5. The lowest BCUT2D eigenvalue weighted by molar-refractivity contribution is -0.114. The van der Waals surface area contributed by atoms with Gasteiger partial charge < -0.3 is 30.2 Å². The molecule has 4 rings (SSSR count). The maximum Gasteiger partial charge on any atom is 0.150 e.